The highest BCUT2D eigenvalue weighted by Crippen LogP contribution is 2.31. The van der Waals surface area contributed by atoms with Crippen LogP contribution in [0.3, 0.4) is 0 Å². The average Bonchev–Trinajstić information content (AvgIpc) is 3.44. The number of aromatic nitrogens is 4. The lowest BCUT2D eigenvalue weighted by molar-refractivity contribution is -0.139. The molecule has 0 saturated carbocycles. The second kappa shape index (κ2) is 9.82. The van der Waals surface area contributed by atoms with Crippen molar-refractivity contribution in [2.24, 2.45) is 0 Å². The molecule has 5 rings (SSSR count). The first-order chi connectivity index (χ1) is 17.5. The molecule has 0 aliphatic carbocycles. The fraction of sp³-hybridized carbons (Fsp3) is 0.360. The van der Waals surface area contributed by atoms with Crippen molar-refractivity contribution in [2.75, 3.05) is 32.8 Å². The summed E-state index contributed by atoms with van der Waals surface area (Å²) in [6, 6.07) is 12.4. The Balaban J connectivity index is 1.23. The fourth-order valence-electron chi connectivity index (χ4n) is 4.90. The molecule has 0 N–H and O–H groups in total. The van der Waals surface area contributed by atoms with E-state index in [4.69, 9.17) is 4.74 Å². The fourth-order valence-corrected chi connectivity index (χ4v) is 4.90. The molecule has 11 heteroatoms. The van der Waals surface area contributed by atoms with Gasteiger partial charge in [0.05, 0.1) is 48.1 Å². The molecule has 3 heterocycles. The first-order valence-electron chi connectivity index (χ1n) is 11.6. The number of hydrogen-bond donors (Lipinski definition) is 0. The number of nitrogens with zero attached hydrogens (tertiary/aromatic N) is 8. The number of fused-ring (bicyclic) bond motifs is 1. The van der Waals surface area contributed by atoms with E-state index in [-0.39, 0.29) is 30.0 Å². The van der Waals surface area contributed by atoms with Crippen LogP contribution in [0.15, 0.2) is 36.7 Å². The van der Waals surface area contributed by atoms with E-state index < -0.39 is 5.82 Å². The van der Waals surface area contributed by atoms with Crippen LogP contribution in [-0.2, 0) is 16.0 Å². The quantitative estimate of drug-likeness (QED) is 0.546. The minimum absolute atomic E-state index is 0.0449. The van der Waals surface area contributed by atoms with E-state index in [2.05, 4.69) is 26.5 Å². The second-order valence-electron chi connectivity index (χ2n) is 8.94. The van der Waals surface area contributed by atoms with Crippen molar-refractivity contribution in [2.45, 2.75) is 25.5 Å². The minimum atomic E-state index is -0.524. The van der Waals surface area contributed by atoms with Gasteiger partial charge in [0.15, 0.2) is 0 Å². The predicted molar refractivity (Wildman–Crippen MR) is 124 cm³/mol. The molecule has 10 nitrogen and oxygen atoms in total. The molecule has 2 atom stereocenters. The molecule has 1 amide bonds. The van der Waals surface area contributed by atoms with Gasteiger partial charge in [0, 0.05) is 26.2 Å². The molecule has 2 aromatic carbocycles. The summed E-state index contributed by atoms with van der Waals surface area (Å²) in [5.74, 6) is -0.569. The lowest BCUT2D eigenvalue weighted by Gasteiger charge is -2.46. The number of nitriles is 2. The van der Waals surface area contributed by atoms with Crippen molar-refractivity contribution in [3.63, 3.8) is 0 Å². The Hall–Kier alpha value is -4.19. The highest BCUT2D eigenvalue weighted by atomic mass is 19.1. The number of ether oxygens (including phenoxy) is 1. The Kier molecular flexibility index (Phi) is 6.42. The SMILES string of the molecule is Cc1c(C2CN3CCN(C(=O)Cc4ccc(-n5cnnn5)cc4C#N)CC3CO2)ccc(F)c1C#N. The van der Waals surface area contributed by atoms with Crippen molar-refractivity contribution in [1.29, 1.82) is 10.5 Å². The topological polar surface area (TPSA) is 124 Å². The Morgan fingerprint density at radius 2 is 2.06 bits per heavy atom. The Morgan fingerprint density at radius 1 is 1.19 bits per heavy atom. The number of benzene rings is 2. The molecule has 182 valence electrons. The van der Waals surface area contributed by atoms with Crippen LogP contribution >= 0.6 is 0 Å². The van der Waals surface area contributed by atoms with E-state index in [1.54, 1.807) is 31.2 Å². The molecule has 2 fully saturated rings. The molecule has 0 bridgehead atoms. The Bertz CT molecular complexity index is 1380. The summed E-state index contributed by atoms with van der Waals surface area (Å²) in [5.41, 5.74) is 3.19. The number of hydrogen-bond acceptors (Lipinski definition) is 8. The number of morpholine rings is 1. The Labute approximate surface area is 207 Å². The lowest BCUT2D eigenvalue weighted by atomic mass is 9.96. The van der Waals surface area contributed by atoms with E-state index in [9.17, 15) is 19.7 Å². The summed E-state index contributed by atoms with van der Waals surface area (Å²) >= 11 is 0. The zero-order valence-corrected chi connectivity index (χ0v) is 19.6. The number of carbonyl (C=O) groups is 1. The van der Waals surface area contributed by atoms with Crippen molar-refractivity contribution >= 4 is 5.91 Å². The van der Waals surface area contributed by atoms with E-state index in [0.717, 1.165) is 5.56 Å². The van der Waals surface area contributed by atoms with Gasteiger partial charge in [-0.15, -0.1) is 5.10 Å². The second-order valence-corrected chi connectivity index (χ2v) is 8.94. The zero-order chi connectivity index (χ0) is 25.2. The molecular weight excluding hydrogens is 463 g/mol. The van der Waals surface area contributed by atoms with Gasteiger partial charge < -0.3 is 9.64 Å². The standard InChI is InChI=1S/C25H23FN8O2/c1-16-21(4-5-23(26)22(16)11-28)24-13-32-6-7-33(12-20(32)14-36-24)25(35)9-17-2-3-19(8-18(17)10-27)34-15-29-30-31-34/h2-5,8,15,20,24H,6-7,9,12-14H2,1H3. The zero-order valence-electron chi connectivity index (χ0n) is 19.6. The molecular formula is C25H23FN8O2. The van der Waals surface area contributed by atoms with Crippen LogP contribution in [0.4, 0.5) is 4.39 Å². The first kappa shape index (κ1) is 23.5. The van der Waals surface area contributed by atoms with E-state index in [0.29, 0.717) is 55.2 Å². The van der Waals surface area contributed by atoms with E-state index >= 15 is 0 Å². The number of amides is 1. The average molecular weight is 487 g/mol. The van der Waals surface area contributed by atoms with Gasteiger partial charge in [-0.1, -0.05) is 12.1 Å². The van der Waals surface area contributed by atoms with Gasteiger partial charge in [-0.2, -0.15) is 10.5 Å². The molecule has 2 aliphatic rings. The normalized spacial score (nSPS) is 19.8. The smallest absolute Gasteiger partial charge is 0.227 e. The molecule has 2 unspecified atom stereocenters. The molecule has 0 spiro atoms. The minimum Gasteiger partial charge on any atom is -0.370 e. The highest BCUT2D eigenvalue weighted by molar-refractivity contribution is 5.80. The first-order valence-corrected chi connectivity index (χ1v) is 11.6. The maximum atomic E-state index is 13.9. The van der Waals surface area contributed by atoms with Crippen LogP contribution in [0.1, 0.15) is 33.9 Å². The highest BCUT2D eigenvalue weighted by Gasteiger charge is 2.36. The van der Waals surface area contributed by atoms with Crippen LogP contribution in [0.25, 0.3) is 5.69 Å². The lowest BCUT2D eigenvalue weighted by Crippen LogP contribution is -2.59. The van der Waals surface area contributed by atoms with Crippen molar-refractivity contribution in [3.8, 4) is 17.8 Å². The summed E-state index contributed by atoms with van der Waals surface area (Å²) in [4.78, 5) is 17.2. The number of tetrazole rings is 1. The van der Waals surface area contributed by atoms with Crippen LogP contribution in [0.5, 0.6) is 0 Å². The number of piperazine rings is 1. The van der Waals surface area contributed by atoms with Gasteiger partial charge >= 0.3 is 0 Å². The van der Waals surface area contributed by atoms with Crippen LogP contribution in [0.2, 0.25) is 0 Å². The van der Waals surface area contributed by atoms with Crippen LogP contribution in [-0.4, -0.2) is 74.7 Å². The number of rotatable bonds is 4. The monoisotopic (exact) mass is 486 g/mol. The van der Waals surface area contributed by atoms with Crippen molar-refractivity contribution in [3.05, 3.63) is 70.3 Å². The summed E-state index contributed by atoms with van der Waals surface area (Å²) in [6.45, 7) is 4.57. The van der Waals surface area contributed by atoms with E-state index in [1.165, 1.54) is 17.1 Å². The third kappa shape index (κ3) is 4.42. The molecule has 2 saturated heterocycles. The van der Waals surface area contributed by atoms with Crippen LogP contribution in [0, 0.1) is 35.4 Å². The van der Waals surface area contributed by atoms with Crippen molar-refractivity contribution in [1.82, 2.24) is 30.0 Å². The van der Waals surface area contributed by atoms with Gasteiger partial charge in [0.2, 0.25) is 5.91 Å². The van der Waals surface area contributed by atoms with Gasteiger partial charge in [0.1, 0.15) is 18.2 Å². The Morgan fingerprint density at radius 3 is 2.81 bits per heavy atom. The summed E-state index contributed by atoms with van der Waals surface area (Å²) in [7, 11) is 0. The third-order valence-corrected chi connectivity index (χ3v) is 6.93. The predicted octanol–water partition coefficient (Wildman–Crippen LogP) is 1.68. The van der Waals surface area contributed by atoms with Crippen molar-refractivity contribution < 1.29 is 13.9 Å². The molecule has 2 aliphatic heterocycles. The summed E-state index contributed by atoms with van der Waals surface area (Å²) in [5, 5.41) is 29.9. The van der Waals surface area contributed by atoms with Gasteiger partial charge in [-0.25, -0.2) is 9.07 Å². The summed E-state index contributed by atoms with van der Waals surface area (Å²) in [6.07, 6.45) is 1.31. The molecule has 36 heavy (non-hydrogen) atoms. The third-order valence-electron chi connectivity index (χ3n) is 6.93. The largest absolute Gasteiger partial charge is 0.370 e. The van der Waals surface area contributed by atoms with Crippen LogP contribution < -0.4 is 0 Å². The van der Waals surface area contributed by atoms with Gasteiger partial charge in [-0.3, -0.25) is 9.69 Å². The molecule has 0 radical (unpaired) electrons. The van der Waals surface area contributed by atoms with Gasteiger partial charge in [0.25, 0.3) is 0 Å². The maximum Gasteiger partial charge on any atom is 0.227 e. The number of carbonyl (C=O) groups excluding carboxylic acids is 1. The number of halogens is 1. The van der Waals surface area contributed by atoms with E-state index in [1.807, 2.05) is 11.0 Å². The summed E-state index contributed by atoms with van der Waals surface area (Å²) < 4.78 is 21.5. The molecule has 1 aromatic heterocycles. The maximum absolute atomic E-state index is 13.9. The van der Waals surface area contributed by atoms with Gasteiger partial charge in [-0.05, 0) is 52.2 Å². The molecule has 3 aromatic rings.